The highest BCUT2D eigenvalue weighted by atomic mass is 16.5. The van der Waals surface area contributed by atoms with Crippen LogP contribution < -0.4 is 21.1 Å². The number of methoxy groups -OCH3 is 1. The number of rotatable bonds is 8. The third-order valence-corrected chi connectivity index (χ3v) is 5.82. The molecule has 1 saturated carbocycles. The molecule has 1 heterocycles. The van der Waals surface area contributed by atoms with E-state index in [4.69, 9.17) is 10.5 Å². The van der Waals surface area contributed by atoms with Crippen LogP contribution in [0.4, 0.5) is 0 Å². The van der Waals surface area contributed by atoms with Gasteiger partial charge in [-0.2, -0.15) is 0 Å². The molecule has 1 aromatic heterocycles. The number of carbonyl (C=O) groups excluding carboxylic acids is 3. The van der Waals surface area contributed by atoms with Gasteiger partial charge in [0.05, 0.1) is 24.8 Å². The summed E-state index contributed by atoms with van der Waals surface area (Å²) in [4.78, 5) is 41.3. The fourth-order valence-corrected chi connectivity index (χ4v) is 3.89. The number of benzene rings is 1. The second-order valence-electron chi connectivity index (χ2n) is 8.30. The fourth-order valence-electron chi connectivity index (χ4n) is 3.89. The van der Waals surface area contributed by atoms with Crippen LogP contribution in [0.25, 0.3) is 0 Å². The molecule has 1 aromatic carbocycles. The van der Waals surface area contributed by atoms with E-state index in [0.29, 0.717) is 11.3 Å². The summed E-state index contributed by atoms with van der Waals surface area (Å²) in [7, 11) is 1.52. The van der Waals surface area contributed by atoms with Crippen LogP contribution >= 0.6 is 0 Å². The molecular formula is C23H28N4O7. The van der Waals surface area contributed by atoms with Gasteiger partial charge in [-0.05, 0) is 29.8 Å². The first-order valence-electron chi connectivity index (χ1n) is 10.7. The third kappa shape index (κ3) is 5.87. The Kier molecular flexibility index (Phi) is 7.82. The number of ether oxygens (including phenoxy) is 1. The van der Waals surface area contributed by atoms with Crippen LogP contribution in [0, 0.1) is 0 Å². The Hall–Kier alpha value is -3.54. The minimum atomic E-state index is -2.17. The van der Waals surface area contributed by atoms with Crippen molar-refractivity contribution in [2.75, 3.05) is 7.11 Å². The molecule has 7 N–H and O–H groups in total. The van der Waals surface area contributed by atoms with Crippen molar-refractivity contribution in [3.8, 4) is 5.75 Å². The van der Waals surface area contributed by atoms with E-state index in [0.717, 1.165) is 0 Å². The molecule has 0 saturated heterocycles. The molecule has 34 heavy (non-hydrogen) atoms. The van der Waals surface area contributed by atoms with E-state index < -0.39 is 60.5 Å². The minimum absolute atomic E-state index is 0.0630. The molecule has 1 fully saturated rings. The van der Waals surface area contributed by atoms with Crippen LogP contribution in [0.1, 0.15) is 28.8 Å². The monoisotopic (exact) mass is 472 g/mol. The summed E-state index contributed by atoms with van der Waals surface area (Å²) in [5, 5.41) is 36.6. The van der Waals surface area contributed by atoms with Crippen LogP contribution in [-0.2, 0) is 16.0 Å². The van der Waals surface area contributed by atoms with Gasteiger partial charge in [-0.3, -0.25) is 19.4 Å². The Morgan fingerprint density at radius 1 is 1.21 bits per heavy atom. The lowest BCUT2D eigenvalue weighted by atomic mass is 9.77. The van der Waals surface area contributed by atoms with Crippen molar-refractivity contribution in [3.05, 3.63) is 59.9 Å². The van der Waals surface area contributed by atoms with E-state index in [-0.39, 0.29) is 12.0 Å². The number of aromatic nitrogens is 1. The first kappa shape index (κ1) is 25.1. The molecular weight excluding hydrogens is 444 g/mol. The Morgan fingerprint density at radius 3 is 2.50 bits per heavy atom. The first-order chi connectivity index (χ1) is 16.1. The number of hydrogen-bond acceptors (Lipinski definition) is 8. The number of aliphatic hydroxyl groups excluding tert-OH is 2. The molecule has 1 aliphatic carbocycles. The molecule has 0 spiro atoms. The number of carbonyl (C=O) groups is 3. The average molecular weight is 472 g/mol. The zero-order chi connectivity index (χ0) is 24.9. The van der Waals surface area contributed by atoms with Crippen molar-refractivity contribution in [3.63, 3.8) is 0 Å². The number of amides is 3. The van der Waals surface area contributed by atoms with Crippen molar-refractivity contribution < 1.29 is 34.4 Å². The average Bonchev–Trinajstić information content (AvgIpc) is 2.82. The van der Waals surface area contributed by atoms with E-state index in [9.17, 15) is 29.7 Å². The molecule has 11 heteroatoms. The van der Waals surface area contributed by atoms with Gasteiger partial charge in [-0.15, -0.1) is 0 Å². The summed E-state index contributed by atoms with van der Waals surface area (Å²) in [6.45, 7) is 0. The van der Waals surface area contributed by atoms with E-state index in [1.807, 2.05) is 0 Å². The van der Waals surface area contributed by atoms with Crippen molar-refractivity contribution in [1.82, 2.24) is 15.6 Å². The van der Waals surface area contributed by atoms with Gasteiger partial charge in [0.25, 0.3) is 11.8 Å². The molecule has 0 radical (unpaired) electrons. The number of nitrogens with one attached hydrogen (secondary N) is 2. The van der Waals surface area contributed by atoms with Crippen molar-refractivity contribution >= 4 is 17.7 Å². The largest absolute Gasteiger partial charge is 0.497 e. The molecule has 3 amide bonds. The number of aliphatic hydroxyl groups is 3. The highest BCUT2D eigenvalue weighted by molar-refractivity contribution is 5.94. The SMILES string of the molecule is COc1ccc(C[C@H](NC(=O)[C@]2(O)C[C@@H](O)[C@H](O)[C@@H](NC(=O)c3cccnc3)C2)C(N)=O)cc1. The van der Waals surface area contributed by atoms with E-state index in [2.05, 4.69) is 15.6 Å². The number of pyridine rings is 1. The minimum Gasteiger partial charge on any atom is -0.497 e. The zero-order valence-corrected chi connectivity index (χ0v) is 18.5. The standard InChI is InChI=1S/C23H28N4O7/c1-34-15-6-4-13(5-7-15)9-16(20(24)30)27-22(32)23(33)10-17(19(29)18(28)11-23)26-21(31)14-3-2-8-25-12-14/h2-8,12,16-19,28-29,33H,9-11H2,1H3,(H2,24,30)(H,26,31)(H,27,32)/t16-,17-,18+,19+,23+/m0/s1. The Bertz CT molecular complexity index is 1020. The Balaban J connectivity index is 1.71. The van der Waals surface area contributed by atoms with Crippen molar-refractivity contribution in [1.29, 1.82) is 0 Å². The number of nitrogens with zero attached hydrogens (tertiary/aromatic N) is 1. The van der Waals surface area contributed by atoms with Gasteiger partial charge in [0, 0.05) is 31.7 Å². The molecule has 11 nitrogen and oxygen atoms in total. The highest BCUT2D eigenvalue weighted by Gasteiger charge is 2.49. The van der Waals surface area contributed by atoms with Gasteiger partial charge < -0.3 is 36.4 Å². The zero-order valence-electron chi connectivity index (χ0n) is 18.5. The maximum Gasteiger partial charge on any atom is 0.253 e. The van der Waals surface area contributed by atoms with Crippen LogP contribution in [-0.4, -0.2) is 75.0 Å². The lowest BCUT2D eigenvalue weighted by Crippen LogP contribution is -2.64. The van der Waals surface area contributed by atoms with Gasteiger partial charge in [0.15, 0.2) is 0 Å². The lowest BCUT2D eigenvalue weighted by molar-refractivity contribution is -0.159. The van der Waals surface area contributed by atoms with Crippen LogP contribution in [0.5, 0.6) is 5.75 Å². The van der Waals surface area contributed by atoms with Gasteiger partial charge >= 0.3 is 0 Å². The molecule has 0 unspecified atom stereocenters. The summed E-state index contributed by atoms with van der Waals surface area (Å²) in [5.41, 5.74) is 4.19. The maximum atomic E-state index is 13.0. The Morgan fingerprint density at radius 2 is 1.91 bits per heavy atom. The van der Waals surface area contributed by atoms with Gasteiger partial charge in [0.2, 0.25) is 5.91 Å². The maximum absolute atomic E-state index is 13.0. The Labute approximate surface area is 196 Å². The normalized spacial score (nSPS) is 25.1. The second kappa shape index (κ2) is 10.6. The van der Waals surface area contributed by atoms with Gasteiger partial charge in [-0.25, -0.2) is 0 Å². The van der Waals surface area contributed by atoms with Crippen molar-refractivity contribution in [2.24, 2.45) is 5.73 Å². The van der Waals surface area contributed by atoms with Gasteiger partial charge in [0.1, 0.15) is 23.5 Å². The van der Waals surface area contributed by atoms with E-state index in [1.165, 1.54) is 25.6 Å². The lowest BCUT2D eigenvalue weighted by Gasteiger charge is -2.41. The molecule has 5 atom stereocenters. The number of nitrogens with two attached hydrogens (primary N) is 1. The summed E-state index contributed by atoms with van der Waals surface area (Å²) in [5.74, 6) is -1.74. The molecule has 2 aromatic rings. The quantitative estimate of drug-likeness (QED) is 0.272. The fraction of sp³-hybridized carbons (Fsp3) is 0.391. The summed E-state index contributed by atoms with van der Waals surface area (Å²) in [6, 6.07) is 7.58. The predicted octanol–water partition coefficient (Wildman–Crippen LogP) is -1.35. The summed E-state index contributed by atoms with van der Waals surface area (Å²) in [6.07, 6.45) is -0.939. The molecule has 1 aliphatic rings. The van der Waals surface area contributed by atoms with Gasteiger partial charge in [-0.1, -0.05) is 12.1 Å². The summed E-state index contributed by atoms with van der Waals surface area (Å²) >= 11 is 0. The first-order valence-corrected chi connectivity index (χ1v) is 10.7. The van der Waals surface area contributed by atoms with Crippen LogP contribution in [0.15, 0.2) is 48.8 Å². The summed E-state index contributed by atoms with van der Waals surface area (Å²) < 4.78 is 5.09. The van der Waals surface area contributed by atoms with Crippen molar-refractivity contribution in [2.45, 2.75) is 49.2 Å². The second-order valence-corrected chi connectivity index (χ2v) is 8.30. The molecule has 0 bridgehead atoms. The molecule has 0 aliphatic heterocycles. The number of primary amides is 1. The highest BCUT2D eigenvalue weighted by Crippen LogP contribution is 2.30. The third-order valence-electron chi connectivity index (χ3n) is 5.82. The molecule has 182 valence electrons. The number of hydrogen-bond donors (Lipinski definition) is 6. The van der Waals surface area contributed by atoms with E-state index >= 15 is 0 Å². The van der Waals surface area contributed by atoms with Crippen LogP contribution in [0.2, 0.25) is 0 Å². The van der Waals surface area contributed by atoms with E-state index in [1.54, 1.807) is 30.3 Å². The smallest absolute Gasteiger partial charge is 0.253 e. The molecule has 3 rings (SSSR count). The van der Waals surface area contributed by atoms with Crippen LogP contribution in [0.3, 0.4) is 0 Å². The topological polar surface area (TPSA) is 184 Å². The predicted molar refractivity (Wildman–Crippen MR) is 120 cm³/mol.